The molecule has 0 unspecified atom stereocenters. The van der Waals surface area contributed by atoms with Crippen molar-refractivity contribution in [2.75, 3.05) is 6.54 Å². The van der Waals surface area contributed by atoms with Crippen LogP contribution in [0.15, 0.2) is 36.5 Å². The summed E-state index contributed by atoms with van der Waals surface area (Å²) in [6.45, 7) is 1.99. The maximum atomic E-state index is 10.4. The smallest absolute Gasteiger partial charge is 0.209 e. The lowest BCUT2D eigenvalue weighted by atomic mass is 10.0. The van der Waals surface area contributed by atoms with Crippen LogP contribution < -0.4 is 0 Å². The van der Waals surface area contributed by atoms with Gasteiger partial charge in [-0.3, -0.25) is 10.1 Å². The lowest BCUT2D eigenvalue weighted by Gasteiger charge is -2.03. The molecule has 0 spiro atoms. The van der Waals surface area contributed by atoms with Gasteiger partial charge in [0.2, 0.25) is 6.54 Å². The Bertz CT molecular complexity index is 514. The average molecular weight is 230 g/mol. The molecular formula is C13H14N2O2. The quantitative estimate of drug-likeness (QED) is 0.648. The van der Waals surface area contributed by atoms with Crippen LogP contribution in [0.4, 0.5) is 0 Å². The van der Waals surface area contributed by atoms with Crippen LogP contribution in [-0.4, -0.2) is 16.5 Å². The van der Waals surface area contributed by atoms with Crippen LogP contribution in [0.5, 0.6) is 0 Å². The first-order valence-electron chi connectivity index (χ1n) is 5.52. The molecule has 0 aliphatic rings. The number of rotatable bonds is 4. The zero-order valence-electron chi connectivity index (χ0n) is 9.64. The number of aromatic nitrogens is 1. The van der Waals surface area contributed by atoms with E-state index in [0.29, 0.717) is 6.42 Å². The molecule has 0 aliphatic heterocycles. The molecule has 0 fully saturated rings. The molecule has 0 radical (unpaired) electrons. The molecule has 4 heteroatoms. The zero-order chi connectivity index (χ0) is 12.3. The fourth-order valence-corrected chi connectivity index (χ4v) is 1.82. The fourth-order valence-electron chi connectivity index (χ4n) is 1.82. The predicted molar refractivity (Wildman–Crippen MR) is 66.5 cm³/mol. The third-order valence-corrected chi connectivity index (χ3v) is 2.74. The monoisotopic (exact) mass is 230 g/mol. The Morgan fingerprint density at radius 3 is 2.59 bits per heavy atom. The maximum Gasteiger partial charge on any atom is 0.209 e. The molecule has 0 atom stereocenters. The molecule has 0 saturated carbocycles. The predicted octanol–water partition coefficient (Wildman–Crippen LogP) is 2.81. The van der Waals surface area contributed by atoms with Gasteiger partial charge in [0.25, 0.3) is 0 Å². The third-order valence-electron chi connectivity index (χ3n) is 2.74. The van der Waals surface area contributed by atoms with Crippen molar-refractivity contribution >= 4 is 0 Å². The minimum absolute atomic E-state index is 0.0423. The number of nitrogens with one attached hydrogen (secondary N) is 1. The highest BCUT2D eigenvalue weighted by atomic mass is 16.6. The summed E-state index contributed by atoms with van der Waals surface area (Å²) in [7, 11) is 0. The molecule has 88 valence electrons. The summed E-state index contributed by atoms with van der Waals surface area (Å²) in [5.41, 5.74) is 4.27. The zero-order valence-corrected chi connectivity index (χ0v) is 9.64. The molecular weight excluding hydrogens is 216 g/mol. The molecule has 1 heterocycles. The normalized spacial score (nSPS) is 10.4. The van der Waals surface area contributed by atoms with Gasteiger partial charge in [-0.2, -0.15) is 0 Å². The molecule has 2 aromatic rings. The molecule has 1 aromatic carbocycles. The molecule has 0 saturated heterocycles. The van der Waals surface area contributed by atoms with Crippen LogP contribution in [-0.2, 0) is 6.42 Å². The SMILES string of the molecule is Cc1ccc(-c2cc[nH]c2CC[N+](=O)[O-])cc1. The Kier molecular flexibility index (Phi) is 3.23. The lowest BCUT2D eigenvalue weighted by Crippen LogP contribution is -2.04. The van der Waals surface area contributed by atoms with Crippen LogP contribution >= 0.6 is 0 Å². The minimum atomic E-state index is -0.292. The van der Waals surface area contributed by atoms with Gasteiger partial charge in [0.1, 0.15) is 0 Å². The first-order chi connectivity index (χ1) is 8.16. The van der Waals surface area contributed by atoms with Gasteiger partial charge in [-0.05, 0) is 18.6 Å². The third kappa shape index (κ3) is 2.72. The van der Waals surface area contributed by atoms with Crippen molar-refractivity contribution in [3.63, 3.8) is 0 Å². The minimum Gasteiger partial charge on any atom is -0.364 e. The van der Waals surface area contributed by atoms with Crippen LogP contribution in [0.1, 0.15) is 11.3 Å². The van der Waals surface area contributed by atoms with Gasteiger partial charge in [0, 0.05) is 22.4 Å². The van der Waals surface area contributed by atoms with Crippen LogP contribution in [0.2, 0.25) is 0 Å². The van der Waals surface area contributed by atoms with Crippen molar-refractivity contribution in [3.05, 3.63) is 57.9 Å². The lowest BCUT2D eigenvalue weighted by molar-refractivity contribution is -0.479. The summed E-state index contributed by atoms with van der Waals surface area (Å²) in [4.78, 5) is 13.2. The molecule has 1 N–H and O–H groups in total. The van der Waals surface area contributed by atoms with E-state index in [0.717, 1.165) is 16.8 Å². The van der Waals surface area contributed by atoms with Crippen molar-refractivity contribution in [2.24, 2.45) is 0 Å². The second-order valence-corrected chi connectivity index (χ2v) is 4.04. The van der Waals surface area contributed by atoms with E-state index in [4.69, 9.17) is 0 Å². The molecule has 0 amide bonds. The number of H-pyrrole nitrogens is 1. The molecule has 2 rings (SSSR count). The number of hydrogen-bond donors (Lipinski definition) is 1. The topological polar surface area (TPSA) is 58.9 Å². The largest absolute Gasteiger partial charge is 0.364 e. The van der Waals surface area contributed by atoms with Crippen molar-refractivity contribution in [1.29, 1.82) is 0 Å². The van der Waals surface area contributed by atoms with Gasteiger partial charge < -0.3 is 4.98 Å². The van der Waals surface area contributed by atoms with E-state index in [9.17, 15) is 10.1 Å². The fraction of sp³-hybridized carbons (Fsp3) is 0.231. The highest BCUT2D eigenvalue weighted by Gasteiger charge is 2.08. The van der Waals surface area contributed by atoms with E-state index in [2.05, 4.69) is 4.98 Å². The van der Waals surface area contributed by atoms with Crippen LogP contribution in [0, 0.1) is 17.0 Å². The van der Waals surface area contributed by atoms with Gasteiger partial charge in [-0.1, -0.05) is 29.8 Å². The van der Waals surface area contributed by atoms with Crippen molar-refractivity contribution in [2.45, 2.75) is 13.3 Å². The van der Waals surface area contributed by atoms with Gasteiger partial charge in [0.05, 0.1) is 6.42 Å². The summed E-state index contributed by atoms with van der Waals surface area (Å²) in [6.07, 6.45) is 2.26. The summed E-state index contributed by atoms with van der Waals surface area (Å²) in [5, 5.41) is 10.4. The van der Waals surface area contributed by atoms with E-state index >= 15 is 0 Å². The Hall–Kier alpha value is -2.10. The van der Waals surface area contributed by atoms with E-state index < -0.39 is 0 Å². The number of benzene rings is 1. The first kappa shape index (κ1) is 11.4. The van der Waals surface area contributed by atoms with Gasteiger partial charge in [-0.15, -0.1) is 0 Å². The van der Waals surface area contributed by atoms with Crippen molar-refractivity contribution < 1.29 is 4.92 Å². The highest BCUT2D eigenvalue weighted by molar-refractivity contribution is 5.66. The first-order valence-corrected chi connectivity index (χ1v) is 5.52. The highest BCUT2D eigenvalue weighted by Crippen LogP contribution is 2.23. The van der Waals surface area contributed by atoms with Crippen molar-refractivity contribution in [3.8, 4) is 11.1 Å². The van der Waals surface area contributed by atoms with Gasteiger partial charge in [0.15, 0.2) is 0 Å². The summed E-state index contributed by atoms with van der Waals surface area (Å²) in [5.74, 6) is 0. The van der Waals surface area contributed by atoms with Crippen LogP contribution in [0.3, 0.4) is 0 Å². The summed E-state index contributed by atoms with van der Waals surface area (Å²) >= 11 is 0. The maximum absolute atomic E-state index is 10.4. The van der Waals surface area contributed by atoms with Crippen LogP contribution in [0.25, 0.3) is 11.1 Å². The standard InChI is InChI=1S/C13H14N2O2/c1-10-2-4-11(5-3-10)12-6-8-14-13(12)7-9-15(16)17/h2-6,8,14H,7,9H2,1H3. The Morgan fingerprint density at radius 2 is 1.94 bits per heavy atom. The second kappa shape index (κ2) is 4.82. The van der Waals surface area contributed by atoms with Gasteiger partial charge in [-0.25, -0.2) is 0 Å². The second-order valence-electron chi connectivity index (χ2n) is 4.04. The summed E-state index contributed by atoms with van der Waals surface area (Å²) in [6, 6.07) is 10.1. The van der Waals surface area contributed by atoms with E-state index in [1.165, 1.54) is 5.56 Å². The molecule has 1 aromatic heterocycles. The molecule has 4 nitrogen and oxygen atoms in total. The number of nitrogens with zero attached hydrogens (tertiary/aromatic N) is 1. The Labute approximate surface area is 99.4 Å². The molecule has 0 bridgehead atoms. The Balaban J connectivity index is 2.24. The van der Waals surface area contributed by atoms with Crippen molar-refractivity contribution in [1.82, 2.24) is 4.98 Å². The molecule has 17 heavy (non-hydrogen) atoms. The average Bonchev–Trinajstić information content (AvgIpc) is 2.75. The van der Waals surface area contributed by atoms with E-state index in [1.807, 2.05) is 43.5 Å². The molecule has 0 aliphatic carbocycles. The number of aromatic amines is 1. The summed E-state index contributed by atoms with van der Waals surface area (Å²) < 4.78 is 0. The van der Waals surface area contributed by atoms with E-state index in [-0.39, 0.29) is 11.5 Å². The van der Waals surface area contributed by atoms with E-state index in [1.54, 1.807) is 0 Å². The van der Waals surface area contributed by atoms with Gasteiger partial charge >= 0.3 is 0 Å². The number of aryl methyl sites for hydroxylation is 1. The number of nitro groups is 1. The number of hydrogen-bond acceptors (Lipinski definition) is 2. The Morgan fingerprint density at radius 1 is 1.24 bits per heavy atom.